The molecule has 0 bridgehead atoms. The average molecular weight is 171 g/mol. The zero-order chi connectivity index (χ0) is 9.14. The van der Waals surface area contributed by atoms with E-state index in [4.69, 9.17) is 5.11 Å². The van der Waals surface area contributed by atoms with E-state index in [2.05, 4.69) is 19.2 Å². The fraction of sp³-hybridized carbons (Fsp3) is 0.889. The summed E-state index contributed by atoms with van der Waals surface area (Å²) in [6, 6.07) is 0.125. The highest BCUT2D eigenvalue weighted by atomic mass is 16.4. The van der Waals surface area contributed by atoms with Gasteiger partial charge >= 0.3 is 5.97 Å². The van der Waals surface area contributed by atoms with E-state index in [1.807, 2.05) is 0 Å². The first kappa shape index (κ1) is 9.52. The van der Waals surface area contributed by atoms with Crippen LogP contribution >= 0.6 is 0 Å². The molecular weight excluding hydrogens is 154 g/mol. The van der Waals surface area contributed by atoms with Gasteiger partial charge in [-0.2, -0.15) is 0 Å². The van der Waals surface area contributed by atoms with E-state index < -0.39 is 5.97 Å². The van der Waals surface area contributed by atoms with E-state index in [1.165, 1.54) is 0 Å². The van der Waals surface area contributed by atoms with Gasteiger partial charge in [0.05, 0.1) is 0 Å². The molecule has 0 radical (unpaired) electrons. The van der Waals surface area contributed by atoms with Crippen LogP contribution in [0.15, 0.2) is 0 Å². The quantitative estimate of drug-likeness (QED) is 0.671. The van der Waals surface area contributed by atoms with Crippen LogP contribution in [0.4, 0.5) is 0 Å². The minimum atomic E-state index is -0.707. The summed E-state index contributed by atoms with van der Waals surface area (Å²) < 4.78 is 0. The summed E-state index contributed by atoms with van der Waals surface area (Å²) in [5.74, 6) is -0.0590. The molecule has 0 saturated carbocycles. The van der Waals surface area contributed by atoms with Gasteiger partial charge in [0, 0.05) is 6.04 Å². The molecule has 1 heterocycles. The minimum Gasteiger partial charge on any atom is -0.480 e. The normalized spacial score (nSPS) is 29.6. The van der Waals surface area contributed by atoms with Gasteiger partial charge in [0.2, 0.25) is 0 Å². The van der Waals surface area contributed by atoms with Crippen LogP contribution in [-0.4, -0.2) is 23.2 Å². The van der Waals surface area contributed by atoms with Crippen LogP contribution in [0.3, 0.4) is 0 Å². The van der Waals surface area contributed by atoms with Crippen LogP contribution in [0.1, 0.15) is 33.1 Å². The van der Waals surface area contributed by atoms with Crippen molar-refractivity contribution in [1.29, 1.82) is 0 Å². The molecule has 0 aromatic rings. The number of hydrogen-bond acceptors (Lipinski definition) is 2. The van der Waals surface area contributed by atoms with Crippen LogP contribution in [0, 0.1) is 5.92 Å². The van der Waals surface area contributed by atoms with Crippen molar-refractivity contribution in [2.75, 3.05) is 0 Å². The Hall–Kier alpha value is -0.570. The summed E-state index contributed by atoms with van der Waals surface area (Å²) in [4.78, 5) is 10.6. The number of nitrogens with one attached hydrogen (secondary N) is 1. The van der Waals surface area contributed by atoms with Gasteiger partial charge in [-0.15, -0.1) is 0 Å². The Balaban J connectivity index is 2.30. The lowest BCUT2D eigenvalue weighted by atomic mass is 10.0. The topological polar surface area (TPSA) is 49.3 Å². The molecule has 0 aromatic heterocycles. The molecule has 1 aliphatic rings. The maximum Gasteiger partial charge on any atom is 0.320 e. The molecule has 0 spiro atoms. The van der Waals surface area contributed by atoms with Crippen molar-refractivity contribution < 1.29 is 9.90 Å². The Labute approximate surface area is 73.2 Å². The van der Waals surface area contributed by atoms with Crippen molar-refractivity contribution in [1.82, 2.24) is 5.32 Å². The second-order valence-electron chi connectivity index (χ2n) is 3.96. The van der Waals surface area contributed by atoms with Gasteiger partial charge < -0.3 is 10.4 Å². The first-order chi connectivity index (χ1) is 5.59. The lowest BCUT2D eigenvalue weighted by Gasteiger charge is -2.13. The van der Waals surface area contributed by atoms with Crippen molar-refractivity contribution in [2.24, 2.45) is 5.92 Å². The van der Waals surface area contributed by atoms with E-state index in [0.29, 0.717) is 12.0 Å². The summed E-state index contributed by atoms with van der Waals surface area (Å²) in [7, 11) is 0. The second-order valence-corrected chi connectivity index (χ2v) is 3.96. The SMILES string of the molecule is CC(C)CC1CCC(C(=O)O)N1. The highest BCUT2D eigenvalue weighted by Crippen LogP contribution is 2.18. The molecule has 1 rings (SSSR count). The molecule has 0 aliphatic carbocycles. The van der Waals surface area contributed by atoms with Gasteiger partial charge in [-0.25, -0.2) is 0 Å². The third-order valence-corrected chi connectivity index (χ3v) is 2.29. The Morgan fingerprint density at radius 3 is 2.67 bits per heavy atom. The van der Waals surface area contributed by atoms with Gasteiger partial charge in [0.1, 0.15) is 6.04 Å². The van der Waals surface area contributed by atoms with Crippen LogP contribution in [-0.2, 0) is 4.79 Å². The van der Waals surface area contributed by atoms with E-state index in [0.717, 1.165) is 19.3 Å². The highest BCUT2D eigenvalue weighted by Gasteiger charge is 2.28. The van der Waals surface area contributed by atoms with Gasteiger partial charge in [0.15, 0.2) is 0 Å². The summed E-state index contributed by atoms with van der Waals surface area (Å²) in [5.41, 5.74) is 0. The Kier molecular flexibility index (Phi) is 3.09. The first-order valence-electron chi connectivity index (χ1n) is 4.58. The molecule has 2 atom stereocenters. The predicted molar refractivity (Wildman–Crippen MR) is 47.0 cm³/mol. The van der Waals surface area contributed by atoms with Crippen molar-refractivity contribution >= 4 is 5.97 Å². The van der Waals surface area contributed by atoms with Crippen LogP contribution in [0.2, 0.25) is 0 Å². The van der Waals surface area contributed by atoms with Gasteiger partial charge in [-0.05, 0) is 25.2 Å². The molecule has 0 aromatic carbocycles. The van der Waals surface area contributed by atoms with E-state index >= 15 is 0 Å². The largest absolute Gasteiger partial charge is 0.480 e. The smallest absolute Gasteiger partial charge is 0.320 e. The highest BCUT2D eigenvalue weighted by molar-refractivity contribution is 5.73. The monoisotopic (exact) mass is 171 g/mol. The molecule has 3 heteroatoms. The molecule has 2 unspecified atom stereocenters. The zero-order valence-corrected chi connectivity index (χ0v) is 7.71. The summed E-state index contributed by atoms with van der Waals surface area (Å²) in [6.07, 6.45) is 2.88. The van der Waals surface area contributed by atoms with Crippen molar-refractivity contribution in [3.8, 4) is 0 Å². The van der Waals surface area contributed by atoms with Crippen molar-refractivity contribution in [3.05, 3.63) is 0 Å². The number of carbonyl (C=O) groups is 1. The van der Waals surface area contributed by atoms with Gasteiger partial charge in [0.25, 0.3) is 0 Å². The second kappa shape index (κ2) is 3.90. The van der Waals surface area contributed by atoms with Gasteiger partial charge in [-0.3, -0.25) is 4.79 Å². The van der Waals surface area contributed by atoms with E-state index in [9.17, 15) is 4.79 Å². The van der Waals surface area contributed by atoms with E-state index in [-0.39, 0.29) is 6.04 Å². The minimum absolute atomic E-state index is 0.297. The van der Waals surface area contributed by atoms with Crippen molar-refractivity contribution in [2.45, 2.75) is 45.2 Å². The molecule has 2 N–H and O–H groups in total. The molecule has 1 saturated heterocycles. The number of hydrogen-bond donors (Lipinski definition) is 2. The first-order valence-corrected chi connectivity index (χ1v) is 4.58. The third-order valence-electron chi connectivity index (χ3n) is 2.29. The van der Waals surface area contributed by atoms with E-state index in [1.54, 1.807) is 0 Å². The van der Waals surface area contributed by atoms with Crippen LogP contribution < -0.4 is 5.32 Å². The number of carboxylic acids is 1. The lowest BCUT2D eigenvalue weighted by Crippen LogP contribution is -2.35. The van der Waals surface area contributed by atoms with Crippen LogP contribution in [0.25, 0.3) is 0 Å². The maximum atomic E-state index is 10.6. The number of rotatable bonds is 3. The maximum absolute atomic E-state index is 10.6. The summed E-state index contributed by atoms with van der Waals surface area (Å²) in [6.45, 7) is 4.32. The molecule has 3 nitrogen and oxygen atoms in total. The summed E-state index contributed by atoms with van der Waals surface area (Å²) >= 11 is 0. The summed E-state index contributed by atoms with van der Waals surface area (Å²) in [5, 5.41) is 11.8. The molecule has 0 amide bonds. The Morgan fingerprint density at radius 1 is 1.58 bits per heavy atom. The molecule has 12 heavy (non-hydrogen) atoms. The molecule has 1 fully saturated rings. The number of carboxylic acid groups (broad SMARTS) is 1. The average Bonchev–Trinajstić information content (AvgIpc) is 2.34. The number of aliphatic carboxylic acids is 1. The Morgan fingerprint density at radius 2 is 2.25 bits per heavy atom. The predicted octanol–water partition coefficient (Wildman–Crippen LogP) is 1.24. The zero-order valence-electron chi connectivity index (χ0n) is 7.71. The van der Waals surface area contributed by atoms with Crippen LogP contribution in [0.5, 0.6) is 0 Å². The third kappa shape index (κ3) is 2.48. The van der Waals surface area contributed by atoms with Crippen molar-refractivity contribution in [3.63, 3.8) is 0 Å². The molecular formula is C9H17NO2. The Bertz CT molecular complexity index is 168. The fourth-order valence-corrected chi connectivity index (χ4v) is 1.77. The van der Waals surface area contributed by atoms with Gasteiger partial charge in [-0.1, -0.05) is 13.8 Å². The standard InChI is InChI=1S/C9H17NO2/c1-6(2)5-7-3-4-8(10-7)9(11)12/h6-8,10H,3-5H2,1-2H3,(H,11,12). The fourth-order valence-electron chi connectivity index (χ4n) is 1.77. The lowest BCUT2D eigenvalue weighted by molar-refractivity contribution is -0.139. The molecule has 70 valence electrons. The molecule has 1 aliphatic heterocycles.